The quantitative estimate of drug-likeness (QED) is 0.567. The molecule has 1 N–H and O–H groups in total. The number of nitrogens with zero attached hydrogens (tertiary/aromatic N) is 1. The van der Waals surface area contributed by atoms with Crippen LogP contribution in [0.15, 0.2) is 47.0 Å². The molecule has 0 spiro atoms. The average Bonchev–Trinajstić information content (AvgIpc) is 3.06. The van der Waals surface area contributed by atoms with Gasteiger partial charge in [-0.1, -0.05) is 47.1 Å². The van der Waals surface area contributed by atoms with E-state index in [1.807, 2.05) is 38.1 Å². The lowest BCUT2D eigenvalue weighted by Gasteiger charge is -2.13. The van der Waals surface area contributed by atoms with Crippen LogP contribution in [0.25, 0.3) is 11.3 Å². The number of halogens is 2. The first-order valence-corrected chi connectivity index (χ1v) is 9.63. The second-order valence-electron chi connectivity index (χ2n) is 6.87. The van der Waals surface area contributed by atoms with Crippen LogP contribution in [0.1, 0.15) is 41.1 Å². The van der Waals surface area contributed by atoms with Gasteiger partial charge in [-0.25, -0.2) is 4.39 Å². The molecule has 0 saturated carbocycles. The minimum atomic E-state index is -0.573. The molecule has 2 aromatic carbocycles. The summed E-state index contributed by atoms with van der Waals surface area (Å²) in [5.41, 5.74) is 2.20. The Labute approximate surface area is 173 Å². The number of benzene rings is 2. The van der Waals surface area contributed by atoms with E-state index < -0.39 is 11.7 Å². The molecular formula is C22H22ClFN2O3. The Balaban J connectivity index is 1.83. The number of aryl methyl sites for hydroxylation is 1. The van der Waals surface area contributed by atoms with Crippen molar-refractivity contribution in [3.05, 3.63) is 75.8 Å². The predicted octanol–water partition coefficient (Wildman–Crippen LogP) is 5.30. The lowest BCUT2D eigenvalue weighted by Crippen LogP contribution is -2.24. The number of hydrogen-bond acceptors (Lipinski definition) is 4. The molecule has 0 aliphatic heterocycles. The van der Waals surface area contributed by atoms with E-state index in [0.29, 0.717) is 6.61 Å². The van der Waals surface area contributed by atoms with Crippen molar-refractivity contribution in [2.45, 2.75) is 40.0 Å². The monoisotopic (exact) mass is 416 g/mol. The van der Waals surface area contributed by atoms with Crippen molar-refractivity contribution in [2.24, 2.45) is 0 Å². The Kier molecular flexibility index (Phi) is 6.67. The number of carbonyl (C=O) groups is 1. The minimum Gasteiger partial charge on any atom is -0.374 e. The van der Waals surface area contributed by atoms with Crippen LogP contribution in [0.3, 0.4) is 0 Å². The Morgan fingerprint density at radius 2 is 1.93 bits per heavy atom. The highest BCUT2D eigenvalue weighted by Crippen LogP contribution is 2.33. The van der Waals surface area contributed by atoms with Crippen molar-refractivity contribution < 1.29 is 18.4 Å². The lowest BCUT2D eigenvalue weighted by molar-refractivity contribution is 0.0651. The third-order valence-corrected chi connectivity index (χ3v) is 4.73. The van der Waals surface area contributed by atoms with Crippen molar-refractivity contribution in [3.8, 4) is 11.3 Å². The second kappa shape index (κ2) is 9.20. The molecule has 1 heterocycles. The van der Waals surface area contributed by atoms with E-state index in [0.717, 1.165) is 11.1 Å². The summed E-state index contributed by atoms with van der Waals surface area (Å²) in [5, 5.41) is 6.89. The van der Waals surface area contributed by atoms with Gasteiger partial charge in [0, 0.05) is 6.54 Å². The summed E-state index contributed by atoms with van der Waals surface area (Å²) in [6.07, 6.45) is 0.102. The maximum atomic E-state index is 14.3. The highest BCUT2D eigenvalue weighted by molar-refractivity contribution is 6.33. The maximum Gasteiger partial charge on any atom is 0.257 e. The number of rotatable bonds is 7. The minimum absolute atomic E-state index is 0.0434. The molecule has 3 aromatic rings. The van der Waals surface area contributed by atoms with E-state index in [4.69, 9.17) is 20.9 Å². The van der Waals surface area contributed by atoms with Crippen molar-refractivity contribution in [1.29, 1.82) is 0 Å². The number of amides is 1. The van der Waals surface area contributed by atoms with Gasteiger partial charge in [0.25, 0.3) is 5.91 Å². The zero-order valence-electron chi connectivity index (χ0n) is 16.5. The lowest BCUT2D eigenvalue weighted by atomic mass is 10.0. The van der Waals surface area contributed by atoms with Gasteiger partial charge >= 0.3 is 0 Å². The van der Waals surface area contributed by atoms with Crippen LogP contribution < -0.4 is 5.32 Å². The molecule has 5 nitrogen and oxygen atoms in total. The van der Waals surface area contributed by atoms with E-state index >= 15 is 0 Å². The van der Waals surface area contributed by atoms with Crippen LogP contribution in [-0.4, -0.2) is 17.2 Å². The summed E-state index contributed by atoms with van der Waals surface area (Å²) < 4.78 is 25.2. The SMILES string of the molecule is Cc1onc(-c2c(F)cccc2Cl)c1C(=O)NCc1ccccc1COC(C)C. The fraction of sp³-hybridized carbons (Fsp3) is 0.273. The number of ether oxygens (including phenoxy) is 1. The standard InChI is InChI=1S/C22H22ClFN2O3/c1-13(2)28-12-16-8-5-4-7-15(16)11-25-22(27)19-14(3)29-26-21(19)20-17(23)9-6-10-18(20)24/h4-10,13H,11-12H2,1-3H3,(H,25,27). The van der Waals surface area contributed by atoms with Gasteiger partial charge in [-0.05, 0) is 44.0 Å². The highest BCUT2D eigenvalue weighted by atomic mass is 35.5. The third-order valence-electron chi connectivity index (χ3n) is 4.42. The van der Waals surface area contributed by atoms with Crippen LogP contribution in [0.4, 0.5) is 4.39 Å². The summed E-state index contributed by atoms with van der Waals surface area (Å²) >= 11 is 6.14. The average molecular weight is 417 g/mol. The highest BCUT2D eigenvalue weighted by Gasteiger charge is 2.25. The van der Waals surface area contributed by atoms with Crippen molar-refractivity contribution in [3.63, 3.8) is 0 Å². The topological polar surface area (TPSA) is 64.4 Å². The summed E-state index contributed by atoms with van der Waals surface area (Å²) in [7, 11) is 0. The molecule has 152 valence electrons. The molecule has 0 aliphatic rings. The van der Waals surface area contributed by atoms with E-state index in [9.17, 15) is 9.18 Å². The first-order valence-electron chi connectivity index (χ1n) is 9.25. The Bertz CT molecular complexity index is 997. The van der Waals surface area contributed by atoms with Crippen molar-refractivity contribution in [2.75, 3.05) is 0 Å². The first kappa shape index (κ1) is 21.0. The van der Waals surface area contributed by atoms with E-state index in [1.54, 1.807) is 6.92 Å². The fourth-order valence-electron chi connectivity index (χ4n) is 2.93. The summed E-state index contributed by atoms with van der Waals surface area (Å²) in [5.74, 6) is -0.707. The van der Waals surface area contributed by atoms with Gasteiger partial charge < -0.3 is 14.6 Å². The van der Waals surface area contributed by atoms with Crippen LogP contribution in [0, 0.1) is 12.7 Å². The normalized spacial score (nSPS) is 11.1. The number of carbonyl (C=O) groups excluding carboxylic acids is 1. The van der Waals surface area contributed by atoms with Gasteiger partial charge in [0.05, 0.1) is 23.3 Å². The molecule has 3 rings (SSSR count). The van der Waals surface area contributed by atoms with Crippen LogP contribution in [0.2, 0.25) is 5.02 Å². The van der Waals surface area contributed by atoms with Gasteiger partial charge in [-0.2, -0.15) is 0 Å². The van der Waals surface area contributed by atoms with Gasteiger partial charge in [0.1, 0.15) is 22.8 Å². The van der Waals surface area contributed by atoms with Crippen LogP contribution in [0.5, 0.6) is 0 Å². The summed E-state index contributed by atoms with van der Waals surface area (Å²) in [6, 6.07) is 12.0. The van der Waals surface area contributed by atoms with Crippen LogP contribution >= 0.6 is 11.6 Å². The van der Waals surface area contributed by atoms with E-state index in [-0.39, 0.29) is 40.3 Å². The number of hydrogen-bond donors (Lipinski definition) is 1. The van der Waals surface area contributed by atoms with Crippen LogP contribution in [-0.2, 0) is 17.9 Å². The molecule has 0 aliphatic carbocycles. The molecule has 1 amide bonds. The molecule has 1 aromatic heterocycles. The Hall–Kier alpha value is -2.70. The Morgan fingerprint density at radius 1 is 1.21 bits per heavy atom. The fourth-order valence-corrected chi connectivity index (χ4v) is 3.18. The smallest absolute Gasteiger partial charge is 0.257 e. The molecule has 7 heteroatoms. The number of nitrogens with one attached hydrogen (secondary N) is 1. The molecule has 0 saturated heterocycles. The van der Waals surface area contributed by atoms with E-state index in [2.05, 4.69) is 10.5 Å². The summed E-state index contributed by atoms with van der Waals surface area (Å²) in [4.78, 5) is 12.9. The molecule has 0 bridgehead atoms. The zero-order valence-corrected chi connectivity index (χ0v) is 17.2. The predicted molar refractivity (Wildman–Crippen MR) is 109 cm³/mol. The molecule has 0 radical (unpaired) electrons. The van der Waals surface area contributed by atoms with Gasteiger partial charge in [-0.15, -0.1) is 0 Å². The zero-order chi connectivity index (χ0) is 21.0. The molecule has 29 heavy (non-hydrogen) atoms. The van der Waals surface area contributed by atoms with E-state index in [1.165, 1.54) is 18.2 Å². The van der Waals surface area contributed by atoms with Gasteiger partial charge in [0.15, 0.2) is 0 Å². The third kappa shape index (κ3) is 4.83. The second-order valence-corrected chi connectivity index (χ2v) is 7.28. The van der Waals surface area contributed by atoms with Gasteiger partial charge in [0.2, 0.25) is 0 Å². The number of aromatic nitrogens is 1. The molecule has 0 fully saturated rings. The maximum absolute atomic E-state index is 14.3. The summed E-state index contributed by atoms with van der Waals surface area (Å²) in [6.45, 7) is 6.27. The first-order chi connectivity index (χ1) is 13.9. The van der Waals surface area contributed by atoms with Gasteiger partial charge in [-0.3, -0.25) is 4.79 Å². The Morgan fingerprint density at radius 3 is 2.62 bits per heavy atom. The molecule has 0 unspecified atom stereocenters. The molecular weight excluding hydrogens is 395 g/mol. The van der Waals surface area contributed by atoms with Crippen molar-refractivity contribution >= 4 is 17.5 Å². The largest absolute Gasteiger partial charge is 0.374 e. The molecule has 0 atom stereocenters. The van der Waals surface area contributed by atoms with Crippen molar-refractivity contribution in [1.82, 2.24) is 10.5 Å².